The van der Waals surface area contributed by atoms with Gasteiger partial charge in [-0.15, -0.1) is 0 Å². The monoisotopic (exact) mass is 239 g/mol. The predicted octanol–water partition coefficient (Wildman–Crippen LogP) is 0.694. The molecule has 0 heterocycles. The number of carbonyl (C=O) groups is 1. The largest absolute Gasteiger partial charge is 0.438 e. The maximum absolute atomic E-state index is 11.2. The SMILES string of the molecule is CC(C)(C)C(=O)OCOP(=O)(O)CCN. The molecule has 0 aliphatic rings. The molecule has 0 aromatic heterocycles. The minimum atomic E-state index is -3.70. The molecule has 0 rings (SSSR count). The van der Waals surface area contributed by atoms with Crippen molar-refractivity contribution in [3.8, 4) is 0 Å². The summed E-state index contributed by atoms with van der Waals surface area (Å²) >= 11 is 0. The zero-order valence-electron chi connectivity index (χ0n) is 9.23. The zero-order valence-corrected chi connectivity index (χ0v) is 10.1. The van der Waals surface area contributed by atoms with Crippen LogP contribution in [0.25, 0.3) is 0 Å². The Morgan fingerprint density at radius 1 is 1.47 bits per heavy atom. The maximum atomic E-state index is 11.2. The van der Waals surface area contributed by atoms with Gasteiger partial charge in [0.25, 0.3) is 0 Å². The summed E-state index contributed by atoms with van der Waals surface area (Å²) in [6.07, 6.45) is -0.153. The first-order chi connectivity index (χ1) is 6.69. The molecule has 3 N–H and O–H groups in total. The van der Waals surface area contributed by atoms with Gasteiger partial charge in [0, 0.05) is 6.54 Å². The fourth-order valence-corrected chi connectivity index (χ4v) is 1.28. The number of rotatable bonds is 5. The quantitative estimate of drug-likeness (QED) is 0.416. The van der Waals surface area contributed by atoms with Gasteiger partial charge in [0.05, 0.1) is 11.6 Å². The highest BCUT2D eigenvalue weighted by molar-refractivity contribution is 7.52. The first-order valence-corrected chi connectivity index (χ1v) is 6.29. The summed E-state index contributed by atoms with van der Waals surface area (Å²) in [4.78, 5) is 20.3. The molecule has 0 aromatic carbocycles. The lowest BCUT2D eigenvalue weighted by molar-refractivity contribution is -0.159. The van der Waals surface area contributed by atoms with Crippen LogP contribution in [0, 0.1) is 5.41 Å². The van der Waals surface area contributed by atoms with Crippen molar-refractivity contribution >= 4 is 13.6 Å². The summed E-state index contributed by atoms with van der Waals surface area (Å²) in [5.41, 5.74) is 4.44. The van der Waals surface area contributed by atoms with Gasteiger partial charge in [0.2, 0.25) is 6.79 Å². The summed E-state index contributed by atoms with van der Waals surface area (Å²) in [5.74, 6) is -0.491. The molecule has 6 nitrogen and oxygen atoms in total. The Bertz CT molecular complexity index is 260. The molecular weight excluding hydrogens is 221 g/mol. The number of carbonyl (C=O) groups excluding carboxylic acids is 1. The third kappa shape index (κ3) is 6.62. The molecule has 0 fully saturated rings. The van der Waals surface area contributed by atoms with Crippen molar-refractivity contribution in [2.75, 3.05) is 19.5 Å². The second-order valence-corrected chi connectivity index (χ2v) is 6.06. The lowest BCUT2D eigenvalue weighted by atomic mass is 9.98. The highest BCUT2D eigenvalue weighted by Gasteiger charge is 2.24. The van der Waals surface area contributed by atoms with Crippen LogP contribution in [0.5, 0.6) is 0 Å². The van der Waals surface area contributed by atoms with E-state index in [1.54, 1.807) is 20.8 Å². The molecule has 0 spiro atoms. The van der Waals surface area contributed by atoms with Crippen LogP contribution in [-0.4, -0.2) is 30.4 Å². The molecule has 0 amide bonds. The van der Waals surface area contributed by atoms with Gasteiger partial charge in [-0.1, -0.05) is 0 Å². The average molecular weight is 239 g/mol. The molecule has 0 aliphatic heterocycles. The normalized spacial score (nSPS) is 15.8. The van der Waals surface area contributed by atoms with Crippen LogP contribution >= 0.6 is 7.60 Å². The summed E-state index contributed by atoms with van der Waals surface area (Å²) in [6, 6.07) is 0. The fraction of sp³-hybridized carbons (Fsp3) is 0.875. The minimum Gasteiger partial charge on any atom is -0.438 e. The van der Waals surface area contributed by atoms with E-state index in [0.29, 0.717) is 0 Å². The summed E-state index contributed by atoms with van der Waals surface area (Å²) in [6.45, 7) is 4.54. The van der Waals surface area contributed by atoms with Crippen molar-refractivity contribution in [1.82, 2.24) is 0 Å². The Kier molecular flexibility index (Phi) is 5.45. The molecule has 1 atom stereocenters. The standard InChI is InChI=1S/C8H18NO5P/c1-8(2,3)7(10)13-6-14-15(11,12)5-4-9/h4-6,9H2,1-3H3,(H,11,12). The van der Waals surface area contributed by atoms with Gasteiger partial charge >= 0.3 is 13.6 Å². The van der Waals surface area contributed by atoms with Crippen molar-refractivity contribution in [2.24, 2.45) is 11.1 Å². The van der Waals surface area contributed by atoms with Crippen LogP contribution in [0.4, 0.5) is 0 Å². The van der Waals surface area contributed by atoms with Crippen LogP contribution in [0.3, 0.4) is 0 Å². The Labute approximate surface area is 89.3 Å². The van der Waals surface area contributed by atoms with E-state index in [0.717, 1.165) is 0 Å². The first-order valence-electron chi connectivity index (χ1n) is 4.53. The molecule has 0 saturated heterocycles. The van der Waals surface area contributed by atoms with Gasteiger partial charge in [0.1, 0.15) is 0 Å². The van der Waals surface area contributed by atoms with Crippen LogP contribution in [0.2, 0.25) is 0 Å². The number of ether oxygens (including phenoxy) is 1. The topological polar surface area (TPSA) is 98.8 Å². The van der Waals surface area contributed by atoms with Crippen LogP contribution in [0.15, 0.2) is 0 Å². The van der Waals surface area contributed by atoms with Crippen molar-refractivity contribution in [3.63, 3.8) is 0 Å². The summed E-state index contributed by atoms with van der Waals surface area (Å²) in [7, 11) is -3.70. The first kappa shape index (κ1) is 14.6. The van der Waals surface area contributed by atoms with Gasteiger partial charge in [-0.05, 0) is 20.8 Å². The van der Waals surface area contributed by atoms with Gasteiger partial charge < -0.3 is 15.4 Å². The fourth-order valence-electron chi connectivity index (χ4n) is 0.606. The van der Waals surface area contributed by atoms with E-state index in [1.807, 2.05) is 0 Å². The van der Waals surface area contributed by atoms with E-state index in [1.165, 1.54) is 0 Å². The van der Waals surface area contributed by atoms with Gasteiger partial charge in [-0.3, -0.25) is 13.9 Å². The number of hydrogen-bond acceptors (Lipinski definition) is 5. The Hall–Kier alpha value is -0.420. The lowest BCUT2D eigenvalue weighted by Gasteiger charge is -2.17. The second-order valence-electron chi connectivity index (χ2n) is 4.08. The number of nitrogens with two attached hydrogens (primary N) is 1. The van der Waals surface area contributed by atoms with Gasteiger partial charge in [-0.2, -0.15) is 0 Å². The molecule has 0 aliphatic carbocycles. The minimum absolute atomic E-state index is 0.0427. The molecule has 90 valence electrons. The molecular formula is C8H18NO5P. The van der Waals surface area contributed by atoms with E-state index < -0.39 is 25.8 Å². The van der Waals surface area contributed by atoms with Gasteiger partial charge in [-0.25, -0.2) is 0 Å². The second kappa shape index (κ2) is 5.61. The Morgan fingerprint density at radius 3 is 2.40 bits per heavy atom. The smallest absolute Gasteiger partial charge is 0.332 e. The molecule has 0 bridgehead atoms. The van der Waals surface area contributed by atoms with Crippen LogP contribution < -0.4 is 5.73 Å². The van der Waals surface area contributed by atoms with Crippen molar-refractivity contribution < 1.29 is 23.5 Å². The zero-order chi connectivity index (χ0) is 12.1. The van der Waals surface area contributed by atoms with Crippen molar-refractivity contribution in [1.29, 1.82) is 0 Å². The third-order valence-corrected chi connectivity index (χ3v) is 2.80. The van der Waals surface area contributed by atoms with E-state index in [9.17, 15) is 9.36 Å². The predicted molar refractivity (Wildman–Crippen MR) is 55.2 cm³/mol. The Morgan fingerprint density at radius 2 is 2.00 bits per heavy atom. The molecule has 15 heavy (non-hydrogen) atoms. The van der Waals surface area contributed by atoms with Crippen molar-refractivity contribution in [3.05, 3.63) is 0 Å². The maximum Gasteiger partial charge on any atom is 0.332 e. The molecule has 0 aromatic rings. The Balaban J connectivity index is 3.90. The molecule has 0 saturated carbocycles. The van der Waals surface area contributed by atoms with Crippen molar-refractivity contribution in [2.45, 2.75) is 20.8 Å². The molecule has 7 heteroatoms. The van der Waals surface area contributed by atoms with E-state index in [-0.39, 0.29) is 12.7 Å². The van der Waals surface area contributed by atoms with E-state index >= 15 is 0 Å². The highest BCUT2D eigenvalue weighted by Crippen LogP contribution is 2.40. The van der Waals surface area contributed by atoms with E-state index in [4.69, 9.17) is 10.6 Å². The average Bonchev–Trinajstić information content (AvgIpc) is 2.01. The third-order valence-electron chi connectivity index (χ3n) is 1.47. The summed E-state index contributed by atoms with van der Waals surface area (Å²) < 4.78 is 20.3. The van der Waals surface area contributed by atoms with Gasteiger partial charge in [0.15, 0.2) is 0 Å². The molecule has 1 unspecified atom stereocenters. The number of esters is 1. The molecule has 0 radical (unpaired) electrons. The lowest BCUT2D eigenvalue weighted by Crippen LogP contribution is -2.24. The number of hydrogen-bond donors (Lipinski definition) is 2. The summed E-state index contributed by atoms with van der Waals surface area (Å²) in [5, 5.41) is 0. The van der Waals surface area contributed by atoms with Crippen LogP contribution in [0.1, 0.15) is 20.8 Å². The highest BCUT2D eigenvalue weighted by atomic mass is 31.2. The van der Waals surface area contributed by atoms with E-state index in [2.05, 4.69) is 9.26 Å². The van der Waals surface area contributed by atoms with Crippen LogP contribution in [-0.2, 0) is 18.6 Å².